The predicted molar refractivity (Wildman–Crippen MR) is 155 cm³/mol. The van der Waals surface area contributed by atoms with Crippen LogP contribution in [0.1, 0.15) is 75.4 Å². The summed E-state index contributed by atoms with van der Waals surface area (Å²) in [5, 5.41) is 0. The minimum absolute atomic E-state index is 0.100. The van der Waals surface area contributed by atoms with Crippen molar-refractivity contribution in [1.29, 1.82) is 0 Å². The fraction of sp³-hybridized carbons (Fsp3) is 0.406. The first kappa shape index (κ1) is 28.1. The van der Waals surface area contributed by atoms with Crippen LogP contribution in [0.5, 0.6) is 5.75 Å². The molecule has 0 radical (unpaired) electrons. The van der Waals surface area contributed by atoms with Crippen molar-refractivity contribution in [2.45, 2.75) is 72.0 Å². The molecule has 206 valence electrons. The third kappa shape index (κ3) is 7.59. The van der Waals surface area contributed by atoms with E-state index in [0.717, 1.165) is 30.6 Å². The Labute approximate surface area is 230 Å². The van der Waals surface area contributed by atoms with Crippen LogP contribution in [-0.4, -0.2) is 34.6 Å². The molecule has 0 spiro atoms. The zero-order valence-corrected chi connectivity index (χ0v) is 23.8. The number of carbonyl (C=O) groups is 1. The number of aromatic amines is 1. The third-order valence-corrected chi connectivity index (χ3v) is 6.54. The van der Waals surface area contributed by atoms with Gasteiger partial charge in [-0.05, 0) is 55.9 Å². The van der Waals surface area contributed by atoms with Crippen LogP contribution < -0.4 is 15.2 Å². The molecule has 2 aromatic carbocycles. The maximum Gasteiger partial charge on any atom is 0.361 e. The number of aromatic nitrogens is 2. The van der Waals surface area contributed by atoms with Crippen molar-refractivity contribution >= 4 is 11.7 Å². The molecule has 0 atom stereocenters. The summed E-state index contributed by atoms with van der Waals surface area (Å²) in [5.41, 5.74) is 3.33. The van der Waals surface area contributed by atoms with Crippen LogP contribution in [0.25, 0.3) is 0 Å². The van der Waals surface area contributed by atoms with E-state index in [4.69, 9.17) is 9.47 Å². The summed E-state index contributed by atoms with van der Waals surface area (Å²) >= 11 is 0. The van der Waals surface area contributed by atoms with Gasteiger partial charge in [-0.1, -0.05) is 74.9 Å². The number of ether oxygens (including phenoxy) is 2. The molecule has 2 heterocycles. The van der Waals surface area contributed by atoms with Gasteiger partial charge >= 0.3 is 5.97 Å². The van der Waals surface area contributed by atoms with Crippen molar-refractivity contribution in [3.8, 4) is 5.75 Å². The molecule has 0 fully saturated rings. The smallest absolute Gasteiger partial charge is 0.361 e. The molecule has 1 aliphatic rings. The standard InChI is InChI=1S/C32H39N3O4/c1-31(2,3)24-12-14-25(15-13-24)35-18-16-22(17-19-35)20-26-33-27(30(37)39-32(4,5)6)28(29(36)34-26)38-21-23-10-8-7-9-11-23/h7-16H,17-21H2,1-6H3,(H,33,34,36). The van der Waals surface area contributed by atoms with E-state index in [-0.39, 0.29) is 23.5 Å². The Morgan fingerprint density at radius 2 is 1.69 bits per heavy atom. The summed E-state index contributed by atoms with van der Waals surface area (Å²) in [7, 11) is 0. The lowest BCUT2D eigenvalue weighted by atomic mass is 9.87. The summed E-state index contributed by atoms with van der Waals surface area (Å²) in [6.07, 6.45) is 3.45. The molecule has 1 N–H and O–H groups in total. The Morgan fingerprint density at radius 1 is 1.00 bits per heavy atom. The average molecular weight is 530 g/mol. The van der Waals surface area contributed by atoms with E-state index < -0.39 is 17.1 Å². The Balaban J connectivity index is 1.51. The molecular formula is C32H39N3O4. The van der Waals surface area contributed by atoms with E-state index in [2.05, 4.69) is 66.0 Å². The highest BCUT2D eigenvalue weighted by Gasteiger charge is 2.26. The SMILES string of the molecule is CC(C)(C)OC(=O)c1nc(CC2=CCN(c3ccc(C(C)(C)C)cc3)CC2)[nH]c(=O)c1OCc1ccccc1. The number of esters is 1. The third-order valence-electron chi connectivity index (χ3n) is 6.54. The van der Waals surface area contributed by atoms with Crippen molar-refractivity contribution < 1.29 is 14.3 Å². The molecule has 0 unspecified atom stereocenters. The second kappa shape index (κ2) is 11.5. The number of hydrogen-bond donors (Lipinski definition) is 1. The van der Waals surface area contributed by atoms with Gasteiger partial charge in [0, 0.05) is 25.2 Å². The number of nitrogens with zero attached hydrogens (tertiary/aromatic N) is 2. The van der Waals surface area contributed by atoms with Crippen LogP contribution in [0.15, 0.2) is 71.0 Å². The second-order valence-corrected chi connectivity index (χ2v) is 12.0. The molecule has 0 saturated heterocycles. The van der Waals surface area contributed by atoms with Crippen LogP contribution in [0.2, 0.25) is 0 Å². The van der Waals surface area contributed by atoms with Crippen LogP contribution in [0.4, 0.5) is 5.69 Å². The van der Waals surface area contributed by atoms with E-state index >= 15 is 0 Å². The number of anilines is 1. The van der Waals surface area contributed by atoms with Gasteiger partial charge in [-0.2, -0.15) is 0 Å². The fourth-order valence-electron chi connectivity index (χ4n) is 4.41. The van der Waals surface area contributed by atoms with Crippen molar-refractivity contribution in [1.82, 2.24) is 9.97 Å². The molecule has 7 nitrogen and oxygen atoms in total. The Morgan fingerprint density at radius 3 is 2.28 bits per heavy atom. The second-order valence-electron chi connectivity index (χ2n) is 12.0. The Hall–Kier alpha value is -3.87. The van der Waals surface area contributed by atoms with Crippen LogP contribution in [0.3, 0.4) is 0 Å². The van der Waals surface area contributed by atoms with E-state index in [9.17, 15) is 9.59 Å². The maximum atomic E-state index is 13.1. The first-order valence-electron chi connectivity index (χ1n) is 13.5. The highest BCUT2D eigenvalue weighted by Crippen LogP contribution is 2.27. The van der Waals surface area contributed by atoms with Gasteiger partial charge in [-0.15, -0.1) is 0 Å². The van der Waals surface area contributed by atoms with Crippen molar-refractivity contribution in [3.63, 3.8) is 0 Å². The minimum atomic E-state index is -0.737. The lowest BCUT2D eigenvalue weighted by Crippen LogP contribution is -2.30. The summed E-state index contributed by atoms with van der Waals surface area (Å²) in [5.74, 6) is -0.387. The van der Waals surface area contributed by atoms with Gasteiger partial charge in [0.2, 0.25) is 5.75 Å². The molecule has 1 aliphatic heterocycles. The van der Waals surface area contributed by atoms with Crippen LogP contribution in [0, 0.1) is 0 Å². The van der Waals surface area contributed by atoms with Gasteiger partial charge < -0.3 is 19.4 Å². The van der Waals surface area contributed by atoms with Gasteiger partial charge in [-0.25, -0.2) is 9.78 Å². The largest absolute Gasteiger partial charge is 0.481 e. The Kier molecular flexibility index (Phi) is 8.28. The van der Waals surface area contributed by atoms with Gasteiger partial charge in [0.25, 0.3) is 5.56 Å². The molecule has 0 aliphatic carbocycles. The van der Waals surface area contributed by atoms with E-state index in [1.54, 1.807) is 20.8 Å². The monoisotopic (exact) mass is 529 g/mol. The Bertz CT molecular complexity index is 1380. The van der Waals surface area contributed by atoms with Crippen LogP contribution >= 0.6 is 0 Å². The summed E-state index contributed by atoms with van der Waals surface area (Å²) in [6, 6.07) is 18.2. The number of H-pyrrole nitrogens is 1. The average Bonchev–Trinajstić information content (AvgIpc) is 2.87. The molecule has 0 bridgehead atoms. The highest BCUT2D eigenvalue weighted by atomic mass is 16.6. The van der Waals surface area contributed by atoms with Gasteiger partial charge in [-0.3, -0.25) is 4.79 Å². The van der Waals surface area contributed by atoms with Crippen molar-refractivity contribution in [2.75, 3.05) is 18.0 Å². The number of benzene rings is 2. The van der Waals surface area contributed by atoms with Crippen molar-refractivity contribution in [2.24, 2.45) is 0 Å². The first-order valence-corrected chi connectivity index (χ1v) is 13.5. The van der Waals surface area contributed by atoms with E-state index in [0.29, 0.717) is 12.2 Å². The zero-order valence-electron chi connectivity index (χ0n) is 23.8. The van der Waals surface area contributed by atoms with E-state index in [1.807, 2.05) is 30.3 Å². The topological polar surface area (TPSA) is 84.5 Å². The highest BCUT2D eigenvalue weighted by molar-refractivity contribution is 5.90. The lowest BCUT2D eigenvalue weighted by Gasteiger charge is -2.29. The number of carbonyl (C=O) groups excluding carboxylic acids is 1. The molecule has 7 heteroatoms. The molecule has 39 heavy (non-hydrogen) atoms. The summed E-state index contributed by atoms with van der Waals surface area (Å²) < 4.78 is 11.4. The first-order chi connectivity index (χ1) is 18.4. The molecule has 1 aromatic heterocycles. The molecule has 0 amide bonds. The maximum absolute atomic E-state index is 13.1. The lowest BCUT2D eigenvalue weighted by molar-refractivity contribution is 0.00572. The van der Waals surface area contributed by atoms with Crippen LogP contribution in [-0.2, 0) is 23.2 Å². The van der Waals surface area contributed by atoms with E-state index in [1.165, 1.54) is 11.3 Å². The quantitative estimate of drug-likeness (QED) is 0.299. The van der Waals surface area contributed by atoms with Crippen molar-refractivity contribution in [3.05, 3.63) is 99.2 Å². The zero-order chi connectivity index (χ0) is 28.2. The van der Waals surface area contributed by atoms with Gasteiger partial charge in [0.15, 0.2) is 5.69 Å². The predicted octanol–water partition coefficient (Wildman–Crippen LogP) is 5.98. The van der Waals surface area contributed by atoms with Gasteiger partial charge in [0.05, 0.1) is 0 Å². The number of rotatable bonds is 7. The summed E-state index contributed by atoms with van der Waals surface area (Å²) in [6.45, 7) is 13.7. The normalized spacial score (nSPS) is 14.1. The summed E-state index contributed by atoms with van der Waals surface area (Å²) in [4.78, 5) is 35.8. The molecular weight excluding hydrogens is 490 g/mol. The molecule has 0 saturated carbocycles. The van der Waals surface area contributed by atoms with Gasteiger partial charge in [0.1, 0.15) is 18.0 Å². The fourth-order valence-corrected chi connectivity index (χ4v) is 4.41. The number of hydrogen-bond acceptors (Lipinski definition) is 6. The molecule has 3 aromatic rings. The number of nitrogens with one attached hydrogen (secondary N) is 1. The minimum Gasteiger partial charge on any atom is -0.481 e. The molecule has 4 rings (SSSR count).